The molecule has 0 atom stereocenters. The Balaban J connectivity index is 1.79. The Bertz CT molecular complexity index is 863. The van der Waals surface area contributed by atoms with Gasteiger partial charge < -0.3 is 5.32 Å². The Morgan fingerprint density at radius 1 is 1.21 bits per heavy atom. The van der Waals surface area contributed by atoms with E-state index in [-0.39, 0.29) is 23.3 Å². The Morgan fingerprint density at radius 3 is 2.75 bits per heavy atom. The zero-order valence-electron chi connectivity index (χ0n) is 12.2. The van der Waals surface area contributed by atoms with Gasteiger partial charge in [0.05, 0.1) is 12.1 Å². The van der Waals surface area contributed by atoms with Crippen molar-refractivity contribution in [1.82, 2.24) is 14.8 Å². The number of amides is 1. The van der Waals surface area contributed by atoms with Crippen molar-refractivity contribution in [1.29, 1.82) is 0 Å². The second-order valence-corrected chi connectivity index (χ2v) is 5.73. The molecular weight excluding hydrogens is 354 g/mol. The van der Waals surface area contributed by atoms with E-state index in [2.05, 4.69) is 15.4 Å². The summed E-state index contributed by atoms with van der Waals surface area (Å²) < 4.78 is 15.2. The van der Waals surface area contributed by atoms with Crippen LogP contribution >= 0.6 is 23.2 Å². The Labute approximate surface area is 147 Å². The summed E-state index contributed by atoms with van der Waals surface area (Å²) in [5.74, 6) is -0.646. The molecule has 1 amide bonds. The molecule has 0 aliphatic heterocycles. The molecule has 0 radical (unpaired) electrons. The molecule has 24 heavy (non-hydrogen) atoms. The minimum atomic E-state index is -0.435. The monoisotopic (exact) mass is 364 g/mol. The fraction of sp³-hybridized carbons (Fsp3) is 0.0625. The number of aromatic nitrogens is 3. The lowest BCUT2D eigenvalue weighted by molar-refractivity contribution is 0.102. The first-order valence-corrected chi connectivity index (χ1v) is 7.67. The highest BCUT2D eigenvalue weighted by Crippen LogP contribution is 2.24. The lowest BCUT2D eigenvalue weighted by Gasteiger charge is -2.06. The van der Waals surface area contributed by atoms with Crippen LogP contribution in [0.3, 0.4) is 0 Å². The predicted molar refractivity (Wildman–Crippen MR) is 89.9 cm³/mol. The number of carbonyl (C=O) groups excluding carboxylic acids is 1. The maximum atomic E-state index is 13.8. The zero-order chi connectivity index (χ0) is 17.1. The molecule has 0 aliphatic rings. The number of hydrogen-bond donors (Lipinski definition) is 1. The molecule has 1 N–H and O–H groups in total. The Kier molecular flexibility index (Phi) is 4.78. The van der Waals surface area contributed by atoms with Crippen LogP contribution in [-0.4, -0.2) is 20.7 Å². The van der Waals surface area contributed by atoms with E-state index >= 15 is 0 Å². The van der Waals surface area contributed by atoms with Crippen molar-refractivity contribution in [2.75, 3.05) is 5.32 Å². The molecule has 122 valence electrons. The second-order valence-electron chi connectivity index (χ2n) is 4.92. The van der Waals surface area contributed by atoms with Crippen LogP contribution in [0, 0.1) is 5.82 Å². The van der Waals surface area contributed by atoms with Gasteiger partial charge in [0.1, 0.15) is 10.8 Å². The second kappa shape index (κ2) is 6.98. The SMILES string of the molecule is O=C(Nc1nn(Cc2c(F)cccc2Cl)cc1Cl)c1cccnc1. The molecule has 0 unspecified atom stereocenters. The van der Waals surface area contributed by atoms with E-state index in [1.807, 2.05) is 0 Å². The quantitative estimate of drug-likeness (QED) is 0.760. The van der Waals surface area contributed by atoms with E-state index in [1.165, 1.54) is 29.2 Å². The van der Waals surface area contributed by atoms with Gasteiger partial charge in [0, 0.05) is 29.2 Å². The topological polar surface area (TPSA) is 59.8 Å². The minimum absolute atomic E-state index is 0.0913. The van der Waals surface area contributed by atoms with Gasteiger partial charge in [-0.15, -0.1) is 0 Å². The molecule has 0 bridgehead atoms. The van der Waals surface area contributed by atoms with Gasteiger partial charge in [-0.2, -0.15) is 5.10 Å². The highest BCUT2D eigenvalue weighted by molar-refractivity contribution is 6.33. The first kappa shape index (κ1) is 16.4. The molecule has 0 spiro atoms. The number of carbonyl (C=O) groups is 1. The molecule has 8 heteroatoms. The molecule has 0 aliphatic carbocycles. The van der Waals surface area contributed by atoms with Crippen molar-refractivity contribution in [3.63, 3.8) is 0 Å². The van der Waals surface area contributed by atoms with Crippen LogP contribution in [-0.2, 0) is 6.54 Å². The molecule has 2 aromatic heterocycles. The summed E-state index contributed by atoms with van der Waals surface area (Å²) in [5.41, 5.74) is 0.670. The minimum Gasteiger partial charge on any atom is -0.304 e. The van der Waals surface area contributed by atoms with Gasteiger partial charge in [-0.1, -0.05) is 29.3 Å². The molecule has 1 aromatic carbocycles. The molecular formula is C16H11Cl2FN4O. The standard InChI is InChI=1S/C16H11Cl2FN4O/c17-12-4-1-5-14(19)11(12)8-23-9-13(18)15(22-23)21-16(24)10-3-2-6-20-7-10/h1-7,9H,8H2,(H,21,22,24). The van der Waals surface area contributed by atoms with Crippen LogP contribution in [0.15, 0.2) is 48.9 Å². The summed E-state index contributed by atoms with van der Waals surface area (Å²) in [5, 5.41) is 7.28. The van der Waals surface area contributed by atoms with Crippen LogP contribution in [0.1, 0.15) is 15.9 Å². The first-order chi connectivity index (χ1) is 11.5. The lowest BCUT2D eigenvalue weighted by atomic mass is 10.2. The molecule has 3 rings (SSSR count). The third-order valence-electron chi connectivity index (χ3n) is 3.25. The molecule has 3 aromatic rings. The summed E-state index contributed by atoms with van der Waals surface area (Å²) in [6, 6.07) is 7.70. The highest BCUT2D eigenvalue weighted by atomic mass is 35.5. The van der Waals surface area contributed by atoms with Crippen molar-refractivity contribution in [2.24, 2.45) is 0 Å². The summed E-state index contributed by atoms with van der Waals surface area (Å²) in [6.07, 6.45) is 4.49. The number of hydrogen-bond acceptors (Lipinski definition) is 3. The van der Waals surface area contributed by atoms with Crippen LogP contribution in [0.5, 0.6) is 0 Å². The normalized spacial score (nSPS) is 10.6. The van der Waals surface area contributed by atoms with Crippen molar-refractivity contribution in [2.45, 2.75) is 6.54 Å². The third-order valence-corrected chi connectivity index (χ3v) is 3.89. The lowest BCUT2D eigenvalue weighted by Crippen LogP contribution is -2.13. The molecule has 2 heterocycles. The van der Waals surface area contributed by atoms with Crippen molar-refractivity contribution >= 4 is 34.9 Å². The predicted octanol–water partition coefficient (Wildman–Crippen LogP) is 4.02. The van der Waals surface area contributed by atoms with E-state index in [0.717, 1.165) is 0 Å². The van der Waals surface area contributed by atoms with Gasteiger partial charge in [-0.3, -0.25) is 14.5 Å². The van der Waals surface area contributed by atoms with E-state index in [9.17, 15) is 9.18 Å². The molecule has 0 fully saturated rings. The highest BCUT2D eigenvalue weighted by Gasteiger charge is 2.14. The van der Waals surface area contributed by atoms with Gasteiger partial charge >= 0.3 is 0 Å². The van der Waals surface area contributed by atoms with Crippen molar-refractivity contribution in [3.05, 3.63) is 75.9 Å². The number of rotatable bonds is 4. The molecule has 0 saturated carbocycles. The number of anilines is 1. The smallest absolute Gasteiger partial charge is 0.258 e. The Hall–Kier alpha value is -2.44. The number of nitrogens with zero attached hydrogens (tertiary/aromatic N) is 3. The average Bonchev–Trinajstić information content (AvgIpc) is 2.91. The molecule has 5 nitrogen and oxygen atoms in total. The van der Waals surface area contributed by atoms with Crippen LogP contribution in [0.2, 0.25) is 10.0 Å². The summed E-state index contributed by atoms with van der Waals surface area (Å²) in [6.45, 7) is 0.0913. The van der Waals surface area contributed by atoms with Crippen LogP contribution in [0.4, 0.5) is 10.2 Å². The maximum absolute atomic E-state index is 13.8. The number of pyridine rings is 1. The zero-order valence-corrected chi connectivity index (χ0v) is 13.7. The van der Waals surface area contributed by atoms with Gasteiger partial charge in [-0.25, -0.2) is 4.39 Å². The fourth-order valence-electron chi connectivity index (χ4n) is 2.08. The maximum Gasteiger partial charge on any atom is 0.258 e. The number of halogens is 3. The molecule has 0 saturated heterocycles. The van der Waals surface area contributed by atoms with Crippen molar-refractivity contribution in [3.8, 4) is 0 Å². The van der Waals surface area contributed by atoms with Gasteiger partial charge in [0.25, 0.3) is 5.91 Å². The first-order valence-electron chi connectivity index (χ1n) is 6.92. The average molecular weight is 365 g/mol. The van der Waals surface area contributed by atoms with Crippen molar-refractivity contribution < 1.29 is 9.18 Å². The summed E-state index contributed by atoms with van der Waals surface area (Å²) in [4.78, 5) is 16.0. The van der Waals surface area contributed by atoms with Gasteiger partial charge in [-0.05, 0) is 24.3 Å². The van der Waals surface area contributed by atoms with Crippen LogP contribution in [0.25, 0.3) is 0 Å². The largest absolute Gasteiger partial charge is 0.304 e. The summed E-state index contributed by atoms with van der Waals surface area (Å²) in [7, 11) is 0. The van der Waals surface area contributed by atoms with E-state index in [4.69, 9.17) is 23.2 Å². The van der Waals surface area contributed by atoms with Gasteiger partial charge in [0.2, 0.25) is 0 Å². The van der Waals surface area contributed by atoms with E-state index in [0.29, 0.717) is 16.1 Å². The van der Waals surface area contributed by atoms with Gasteiger partial charge in [0.15, 0.2) is 5.82 Å². The Morgan fingerprint density at radius 2 is 2.04 bits per heavy atom. The van der Waals surface area contributed by atoms with E-state index in [1.54, 1.807) is 24.4 Å². The van der Waals surface area contributed by atoms with E-state index < -0.39 is 5.82 Å². The number of benzene rings is 1. The number of nitrogens with one attached hydrogen (secondary N) is 1. The van der Waals surface area contributed by atoms with Crippen LogP contribution < -0.4 is 5.32 Å². The fourth-order valence-corrected chi connectivity index (χ4v) is 2.51. The third kappa shape index (κ3) is 3.55. The summed E-state index contributed by atoms with van der Waals surface area (Å²) >= 11 is 12.1.